The Bertz CT molecular complexity index is 85.0. The molecule has 0 aromatic carbocycles. The number of carboxylic acids is 1. The number of halogens is 1. The molecule has 0 amide bonds. The summed E-state index contributed by atoms with van der Waals surface area (Å²) < 4.78 is 0. The lowest BCUT2D eigenvalue weighted by Gasteiger charge is -2.04. The molecule has 0 unspecified atom stereocenters. The van der Waals surface area contributed by atoms with Gasteiger partial charge in [-0.1, -0.05) is 0 Å². The van der Waals surface area contributed by atoms with Gasteiger partial charge in [-0.2, -0.15) is 0 Å². The summed E-state index contributed by atoms with van der Waals surface area (Å²) in [5.74, 6) is -0.737. The Labute approximate surface area is 53.6 Å². The highest BCUT2D eigenvalue weighted by Crippen LogP contribution is 1.80. The zero-order valence-electron chi connectivity index (χ0n) is 5.63. The predicted molar refractivity (Wildman–Crippen MR) is 33.3 cm³/mol. The van der Waals surface area contributed by atoms with Crippen molar-refractivity contribution in [3.63, 3.8) is 0 Å². The first-order chi connectivity index (χ1) is 3.63. The molecule has 9 heavy (non-hydrogen) atoms. The van der Waals surface area contributed by atoms with Crippen LogP contribution >= 0.6 is 0 Å². The number of aliphatic carboxylic acids is 1. The first kappa shape index (κ1) is 11.2. The molecule has 0 aliphatic carbocycles. The first-order valence-electron chi connectivity index (χ1n) is 2.49. The number of nitrogens with zero attached hydrogens (tertiary/aromatic N) is 1. The van der Waals surface area contributed by atoms with Crippen LogP contribution in [0.2, 0.25) is 0 Å². The lowest BCUT2D eigenvalue weighted by molar-refractivity contribution is -0.137. The quantitative estimate of drug-likeness (QED) is 0.603. The van der Waals surface area contributed by atoms with E-state index in [-0.39, 0.29) is 11.1 Å². The molecule has 0 radical (unpaired) electrons. The molecule has 1 N–H and O–H groups in total. The molecular weight excluding hydrogens is 125 g/mol. The van der Waals surface area contributed by atoms with E-state index in [4.69, 9.17) is 5.11 Å². The van der Waals surface area contributed by atoms with Crippen molar-refractivity contribution in [3.8, 4) is 0 Å². The van der Waals surface area contributed by atoms with Crippen LogP contribution in [0.25, 0.3) is 0 Å². The van der Waals surface area contributed by atoms with Crippen LogP contribution in [0.4, 0.5) is 4.70 Å². The molecule has 0 bridgehead atoms. The van der Waals surface area contributed by atoms with Crippen LogP contribution in [0, 0.1) is 0 Å². The second-order valence-corrected chi connectivity index (χ2v) is 1.95. The van der Waals surface area contributed by atoms with Gasteiger partial charge in [-0.3, -0.25) is 9.50 Å². The molecule has 0 spiro atoms. The lowest BCUT2D eigenvalue weighted by atomic mass is 10.4. The van der Waals surface area contributed by atoms with Crippen molar-refractivity contribution in [2.24, 2.45) is 0 Å². The standard InChI is InChI=1S/C5H11NO2.FH/c1-6(2)4-3-5(7)8;/h3-4H2,1-2H3,(H,7,8);1H. The van der Waals surface area contributed by atoms with Gasteiger partial charge in [0.15, 0.2) is 0 Å². The van der Waals surface area contributed by atoms with E-state index in [1.165, 1.54) is 0 Å². The SMILES string of the molecule is CN(C)CCC(=O)O.F. The molecule has 0 rings (SSSR count). The van der Waals surface area contributed by atoms with Crippen molar-refractivity contribution in [2.75, 3.05) is 20.6 Å². The second-order valence-electron chi connectivity index (χ2n) is 1.95. The van der Waals surface area contributed by atoms with Crippen LogP contribution in [0.15, 0.2) is 0 Å². The zero-order valence-corrected chi connectivity index (χ0v) is 5.63. The Kier molecular flexibility index (Phi) is 6.84. The maximum atomic E-state index is 9.88. The molecule has 0 saturated carbocycles. The van der Waals surface area contributed by atoms with E-state index in [0.717, 1.165) is 0 Å². The third-order valence-corrected chi connectivity index (χ3v) is 0.773. The summed E-state index contributed by atoms with van der Waals surface area (Å²) in [5.41, 5.74) is 0. The lowest BCUT2D eigenvalue weighted by Crippen LogP contribution is -2.15. The Morgan fingerprint density at radius 3 is 2.11 bits per heavy atom. The fourth-order valence-electron chi connectivity index (χ4n) is 0.319. The summed E-state index contributed by atoms with van der Waals surface area (Å²) in [5, 5.41) is 8.14. The Morgan fingerprint density at radius 1 is 1.56 bits per heavy atom. The Morgan fingerprint density at radius 2 is 2.00 bits per heavy atom. The van der Waals surface area contributed by atoms with Gasteiger partial charge in [-0.05, 0) is 14.1 Å². The van der Waals surface area contributed by atoms with E-state index in [1.807, 2.05) is 19.0 Å². The van der Waals surface area contributed by atoms with Gasteiger partial charge in [0, 0.05) is 6.54 Å². The minimum Gasteiger partial charge on any atom is -0.481 e. The van der Waals surface area contributed by atoms with Gasteiger partial charge in [0.25, 0.3) is 0 Å². The van der Waals surface area contributed by atoms with Gasteiger partial charge in [-0.25, -0.2) is 0 Å². The number of carboxylic acid groups (broad SMARTS) is 1. The van der Waals surface area contributed by atoms with E-state index in [2.05, 4.69) is 0 Å². The van der Waals surface area contributed by atoms with Crippen LogP contribution in [-0.2, 0) is 4.79 Å². The summed E-state index contributed by atoms with van der Waals surface area (Å²) in [4.78, 5) is 11.7. The van der Waals surface area contributed by atoms with Crippen molar-refractivity contribution in [3.05, 3.63) is 0 Å². The average Bonchev–Trinajstić information content (AvgIpc) is 1.61. The van der Waals surface area contributed by atoms with Gasteiger partial charge in [0.1, 0.15) is 0 Å². The molecule has 56 valence electrons. The fourth-order valence-corrected chi connectivity index (χ4v) is 0.319. The highest BCUT2D eigenvalue weighted by molar-refractivity contribution is 5.66. The van der Waals surface area contributed by atoms with Crippen LogP contribution < -0.4 is 0 Å². The van der Waals surface area contributed by atoms with Gasteiger partial charge in [0.2, 0.25) is 0 Å². The van der Waals surface area contributed by atoms with E-state index in [0.29, 0.717) is 6.54 Å². The van der Waals surface area contributed by atoms with E-state index in [9.17, 15) is 4.79 Å². The van der Waals surface area contributed by atoms with Crippen LogP contribution in [0.1, 0.15) is 6.42 Å². The van der Waals surface area contributed by atoms with Crippen molar-refractivity contribution in [1.82, 2.24) is 4.90 Å². The second kappa shape index (κ2) is 5.50. The molecule has 0 aliphatic heterocycles. The molecule has 3 nitrogen and oxygen atoms in total. The van der Waals surface area contributed by atoms with Gasteiger partial charge >= 0.3 is 5.97 Å². The monoisotopic (exact) mass is 137 g/mol. The zero-order chi connectivity index (χ0) is 6.57. The maximum Gasteiger partial charge on any atom is 0.304 e. The minimum absolute atomic E-state index is 0. The fraction of sp³-hybridized carbons (Fsp3) is 0.800. The predicted octanol–water partition coefficient (Wildman–Crippen LogP) is 0.175. The summed E-state index contributed by atoms with van der Waals surface area (Å²) in [6.45, 7) is 0.620. The van der Waals surface area contributed by atoms with Gasteiger partial charge < -0.3 is 10.0 Å². The van der Waals surface area contributed by atoms with Gasteiger partial charge in [-0.15, -0.1) is 0 Å². The highest BCUT2D eigenvalue weighted by atomic mass is 19.0. The van der Waals surface area contributed by atoms with Crippen LogP contribution in [0.3, 0.4) is 0 Å². The normalized spacial score (nSPS) is 8.78. The highest BCUT2D eigenvalue weighted by Gasteiger charge is 1.95. The van der Waals surface area contributed by atoms with E-state index >= 15 is 0 Å². The first-order valence-corrected chi connectivity index (χ1v) is 2.49. The van der Waals surface area contributed by atoms with Crippen molar-refractivity contribution < 1.29 is 14.6 Å². The van der Waals surface area contributed by atoms with Crippen LogP contribution in [-0.4, -0.2) is 36.6 Å². The summed E-state index contributed by atoms with van der Waals surface area (Å²) in [7, 11) is 3.70. The largest absolute Gasteiger partial charge is 0.481 e. The van der Waals surface area contributed by atoms with E-state index in [1.54, 1.807) is 0 Å². The summed E-state index contributed by atoms with van der Waals surface area (Å²) in [6.07, 6.45) is 0.229. The van der Waals surface area contributed by atoms with Crippen molar-refractivity contribution >= 4 is 5.97 Å². The number of hydrogen-bond acceptors (Lipinski definition) is 2. The Balaban J connectivity index is 0. The molecule has 0 saturated heterocycles. The molecular formula is C5H12FNO2. The molecule has 4 heteroatoms. The molecule has 0 aliphatic rings. The molecule has 0 aromatic heterocycles. The number of hydrogen-bond donors (Lipinski definition) is 1. The van der Waals surface area contributed by atoms with E-state index < -0.39 is 5.97 Å². The molecule has 0 fully saturated rings. The smallest absolute Gasteiger partial charge is 0.304 e. The molecule has 0 heterocycles. The third-order valence-electron chi connectivity index (χ3n) is 0.773. The van der Waals surface area contributed by atoms with Crippen molar-refractivity contribution in [2.45, 2.75) is 6.42 Å². The van der Waals surface area contributed by atoms with Crippen molar-refractivity contribution in [1.29, 1.82) is 0 Å². The summed E-state index contributed by atoms with van der Waals surface area (Å²) >= 11 is 0. The Hall–Kier alpha value is -0.640. The summed E-state index contributed by atoms with van der Waals surface area (Å²) in [6, 6.07) is 0. The molecule has 0 aromatic rings. The van der Waals surface area contributed by atoms with Crippen LogP contribution in [0.5, 0.6) is 0 Å². The maximum absolute atomic E-state index is 9.88. The third kappa shape index (κ3) is 11.1. The minimum atomic E-state index is -0.737. The van der Waals surface area contributed by atoms with Gasteiger partial charge in [0.05, 0.1) is 6.42 Å². The average molecular weight is 137 g/mol. The topological polar surface area (TPSA) is 40.5 Å². The number of carbonyl (C=O) groups is 1. The molecule has 0 atom stereocenters. The number of rotatable bonds is 3.